The Morgan fingerprint density at radius 2 is 2.12 bits per heavy atom. The van der Waals surface area contributed by atoms with Crippen molar-refractivity contribution in [2.75, 3.05) is 18.6 Å². The largest absolute Gasteiger partial charge is 0.325 e. The minimum absolute atomic E-state index is 0.0248. The monoisotopic (exact) mass is 260 g/mol. The molecule has 6 heteroatoms. The van der Waals surface area contributed by atoms with Gasteiger partial charge in [-0.05, 0) is 19.3 Å². The van der Waals surface area contributed by atoms with Gasteiger partial charge in [0.2, 0.25) is 5.91 Å². The number of sulfone groups is 1. The molecule has 1 saturated carbocycles. The van der Waals surface area contributed by atoms with Gasteiger partial charge in [0.05, 0.1) is 17.5 Å². The third-order valence-electron chi connectivity index (χ3n) is 3.50. The van der Waals surface area contributed by atoms with Crippen LogP contribution in [-0.4, -0.2) is 49.5 Å². The molecule has 1 unspecified atom stereocenters. The summed E-state index contributed by atoms with van der Waals surface area (Å²) in [5.74, 6) is 0.149. The van der Waals surface area contributed by atoms with Gasteiger partial charge < -0.3 is 4.90 Å². The molecule has 0 bridgehead atoms. The fourth-order valence-corrected chi connectivity index (χ4v) is 2.91. The molecule has 17 heavy (non-hydrogen) atoms. The summed E-state index contributed by atoms with van der Waals surface area (Å²) in [5, 5.41) is 3.36. The number of nitrogens with one attached hydrogen (secondary N) is 1. The molecule has 1 heterocycles. The van der Waals surface area contributed by atoms with Crippen molar-refractivity contribution < 1.29 is 13.2 Å². The molecular weight excluding hydrogens is 240 g/mol. The van der Waals surface area contributed by atoms with Gasteiger partial charge in [-0.15, -0.1) is 0 Å². The lowest BCUT2D eigenvalue weighted by molar-refractivity contribution is -0.130. The van der Waals surface area contributed by atoms with Gasteiger partial charge in [0, 0.05) is 12.8 Å². The lowest BCUT2D eigenvalue weighted by Crippen LogP contribution is -2.40. The topological polar surface area (TPSA) is 66.5 Å². The van der Waals surface area contributed by atoms with Crippen LogP contribution in [0.15, 0.2) is 0 Å². The molecule has 2 aliphatic rings. The average Bonchev–Trinajstić information content (AvgIpc) is 2.92. The Morgan fingerprint density at radius 1 is 1.47 bits per heavy atom. The van der Waals surface area contributed by atoms with E-state index in [4.69, 9.17) is 0 Å². The van der Waals surface area contributed by atoms with Gasteiger partial charge in [-0.25, -0.2) is 8.42 Å². The van der Waals surface area contributed by atoms with Crippen LogP contribution in [0, 0.1) is 0 Å². The second-order valence-corrected chi connectivity index (χ2v) is 7.42. The normalized spacial score (nSPS) is 26.8. The van der Waals surface area contributed by atoms with Crippen LogP contribution in [0.1, 0.15) is 32.6 Å². The second-order valence-electron chi connectivity index (χ2n) is 5.16. The molecule has 1 aliphatic carbocycles. The van der Waals surface area contributed by atoms with E-state index in [0.29, 0.717) is 6.54 Å². The van der Waals surface area contributed by atoms with Gasteiger partial charge in [0.25, 0.3) is 0 Å². The first-order chi connectivity index (χ1) is 7.88. The highest BCUT2D eigenvalue weighted by Crippen LogP contribution is 2.42. The molecular formula is C11H20N2O3S. The summed E-state index contributed by atoms with van der Waals surface area (Å²) in [5.41, 5.74) is -0.336. The molecule has 1 amide bonds. The summed E-state index contributed by atoms with van der Waals surface area (Å²) in [6.07, 6.45) is 4.89. The van der Waals surface area contributed by atoms with Gasteiger partial charge in [0.1, 0.15) is 9.84 Å². The summed E-state index contributed by atoms with van der Waals surface area (Å²) in [4.78, 5) is 13.9. The zero-order chi connectivity index (χ0) is 12.7. The quantitative estimate of drug-likeness (QED) is 0.762. The van der Waals surface area contributed by atoms with Crippen LogP contribution in [0.5, 0.6) is 0 Å². The van der Waals surface area contributed by atoms with Crippen molar-refractivity contribution in [1.82, 2.24) is 10.2 Å². The first-order valence-corrected chi connectivity index (χ1v) is 8.20. The van der Waals surface area contributed by atoms with Crippen LogP contribution in [0.25, 0.3) is 0 Å². The molecule has 0 aromatic rings. The molecule has 2 fully saturated rings. The van der Waals surface area contributed by atoms with E-state index in [1.807, 2.05) is 0 Å². The Morgan fingerprint density at radius 3 is 2.59 bits per heavy atom. The van der Waals surface area contributed by atoms with Gasteiger partial charge in [0.15, 0.2) is 0 Å². The zero-order valence-electron chi connectivity index (χ0n) is 10.4. The number of nitrogens with zero attached hydrogens (tertiary/aromatic N) is 1. The van der Waals surface area contributed by atoms with E-state index in [1.165, 1.54) is 6.26 Å². The zero-order valence-corrected chi connectivity index (χ0v) is 11.2. The average molecular weight is 260 g/mol. The maximum atomic E-state index is 12.2. The summed E-state index contributed by atoms with van der Waals surface area (Å²) < 4.78 is 22.4. The fourth-order valence-electron chi connectivity index (χ4n) is 2.38. The second kappa shape index (κ2) is 4.24. The first kappa shape index (κ1) is 12.8. The van der Waals surface area contributed by atoms with E-state index in [2.05, 4.69) is 12.2 Å². The number of hydrogen-bond donors (Lipinski definition) is 1. The van der Waals surface area contributed by atoms with Crippen molar-refractivity contribution in [3.8, 4) is 0 Å². The Balaban J connectivity index is 2.04. The molecule has 98 valence electrons. The van der Waals surface area contributed by atoms with Crippen molar-refractivity contribution in [3.05, 3.63) is 0 Å². The third kappa shape index (κ3) is 2.63. The molecule has 0 radical (unpaired) electrons. The highest BCUT2D eigenvalue weighted by Gasteiger charge is 2.58. The number of hydrogen-bond acceptors (Lipinski definition) is 4. The standard InChI is InChI=1S/C11H20N2O3S/c1-3-4-9-12-11(5-6-11)10(14)13(9)7-8-17(2,15)16/h9,12H,3-8H2,1-2H3. The molecule has 2 rings (SSSR count). The van der Waals surface area contributed by atoms with Crippen molar-refractivity contribution in [3.63, 3.8) is 0 Å². The van der Waals surface area contributed by atoms with Crippen molar-refractivity contribution in [2.24, 2.45) is 0 Å². The maximum absolute atomic E-state index is 12.2. The molecule has 1 atom stereocenters. The van der Waals surface area contributed by atoms with E-state index in [1.54, 1.807) is 4.90 Å². The number of amides is 1. The third-order valence-corrected chi connectivity index (χ3v) is 4.43. The van der Waals surface area contributed by atoms with E-state index in [0.717, 1.165) is 25.7 Å². The van der Waals surface area contributed by atoms with Gasteiger partial charge >= 0.3 is 0 Å². The lowest BCUT2D eigenvalue weighted by atomic mass is 10.2. The Labute approximate surface area is 102 Å². The molecule has 1 N–H and O–H groups in total. The number of carbonyl (C=O) groups is 1. The van der Waals surface area contributed by atoms with Crippen molar-refractivity contribution >= 4 is 15.7 Å². The van der Waals surface area contributed by atoms with E-state index in [-0.39, 0.29) is 23.4 Å². The highest BCUT2D eigenvalue weighted by atomic mass is 32.2. The SMILES string of the molecule is CCCC1NC2(CC2)C(=O)N1CCS(C)(=O)=O. The van der Waals surface area contributed by atoms with Gasteiger partial charge in [-0.1, -0.05) is 13.3 Å². The summed E-state index contributed by atoms with van der Waals surface area (Å²) in [6, 6.07) is 0. The molecule has 1 saturated heterocycles. The smallest absolute Gasteiger partial charge is 0.244 e. The molecule has 0 aromatic carbocycles. The predicted molar refractivity (Wildman–Crippen MR) is 65.2 cm³/mol. The van der Waals surface area contributed by atoms with E-state index >= 15 is 0 Å². The van der Waals surface area contributed by atoms with Crippen molar-refractivity contribution in [1.29, 1.82) is 0 Å². The summed E-state index contributed by atoms with van der Waals surface area (Å²) in [7, 11) is -3.01. The minimum atomic E-state index is -3.01. The van der Waals surface area contributed by atoms with Crippen LogP contribution in [0.3, 0.4) is 0 Å². The lowest BCUT2D eigenvalue weighted by Gasteiger charge is -2.23. The molecule has 5 nitrogen and oxygen atoms in total. The minimum Gasteiger partial charge on any atom is -0.325 e. The Kier molecular flexibility index (Phi) is 3.20. The first-order valence-electron chi connectivity index (χ1n) is 6.14. The number of carbonyl (C=O) groups excluding carboxylic acids is 1. The molecule has 1 aliphatic heterocycles. The molecule has 1 spiro atoms. The Bertz CT molecular complexity index is 414. The molecule has 0 aromatic heterocycles. The van der Waals surface area contributed by atoms with Crippen molar-refractivity contribution in [2.45, 2.75) is 44.3 Å². The van der Waals surface area contributed by atoms with E-state index < -0.39 is 9.84 Å². The van der Waals surface area contributed by atoms with Crippen LogP contribution in [0.4, 0.5) is 0 Å². The summed E-state index contributed by atoms with van der Waals surface area (Å²) in [6.45, 7) is 2.38. The van der Waals surface area contributed by atoms with Gasteiger partial charge in [-0.2, -0.15) is 0 Å². The fraction of sp³-hybridized carbons (Fsp3) is 0.909. The number of rotatable bonds is 5. The Hall–Kier alpha value is -0.620. The van der Waals surface area contributed by atoms with Crippen LogP contribution in [0.2, 0.25) is 0 Å². The predicted octanol–water partition coefficient (Wildman–Crippen LogP) is 0.122. The van der Waals surface area contributed by atoms with Crippen LogP contribution < -0.4 is 5.32 Å². The van der Waals surface area contributed by atoms with Crippen LogP contribution >= 0.6 is 0 Å². The van der Waals surface area contributed by atoms with Crippen LogP contribution in [-0.2, 0) is 14.6 Å². The maximum Gasteiger partial charge on any atom is 0.244 e. The van der Waals surface area contributed by atoms with E-state index in [9.17, 15) is 13.2 Å². The summed E-state index contributed by atoms with van der Waals surface area (Å²) >= 11 is 0. The highest BCUT2D eigenvalue weighted by molar-refractivity contribution is 7.90. The van der Waals surface area contributed by atoms with Gasteiger partial charge in [-0.3, -0.25) is 10.1 Å².